The molecule has 3 heteroatoms. The van der Waals surface area contributed by atoms with Crippen LogP contribution in [0.1, 0.15) is 26.3 Å². The number of hydrogen-bond acceptors (Lipinski definition) is 1. The Labute approximate surface area is 110 Å². The van der Waals surface area contributed by atoms with E-state index in [2.05, 4.69) is 35.3 Å². The van der Waals surface area contributed by atoms with Gasteiger partial charge in [-0.05, 0) is 30.0 Å². The quantitative estimate of drug-likeness (QED) is 0.485. The molecule has 18 heavy (non-hydrogen) atoms. The molecule has 0 saturated carbocycles. The number of hydrogen-bond donors (Lipinski definition) is 2. The van der Waals surface area contributed by atoms with Crippen molar-refractivity contribution < 1.29 is 0 Å². The number of aliphatic imine (C=N–C) groups is 1. The van der Waals surface area contributed by atoms with E-state index >= 15 is 0 Å². The smallest absolute Gasteiger partial charge is 0.194 e. The normalized spacial score (nSPS) is 13.2. The van der Waals surface area contributed by atoms with Crippen LogP contribution >= 0.6 is 0 Å². The molecule has 3 nitrogen and oxygen atoms in total. The second-order valence-electron chi connectivity index (χ2n) is 4.55. The maximum absolute atomic E-state index is 5.85. The van der Waals surface area contributed by atoms with Gasteiger partial charge >= 0.3 is 0 Å². The third kappa shape index (κ3) is 4.14. The summed E-state index contributed by atoms with van der Waals surface area (Å²) in [4.78, 5) is 4.29. The first-order chi connectivity index (χ1) is 8.56. The molecule has 1 unspecified atom stereocenters. The van der Waals surface area contributed by atoms with Crippen LogP contribution in [0.2, 0.25) is 0 Å². The van der Waals surface area contributed by atoms with Gasteiger partial charge in [-0.2, -0.15) is 0 Å². The van der Waals surface area contributed by atoms with E-state index < -0.39 is 0 Å². The minimum absolute atomic E-state index is 0.188. The van der Waals surface area contributed by atoms with Crippen molar-refractivity contribution in [3.63, 3.8) is 0 Å². The molecule has 0 aliphatic carbocycles. The topological polar surface area (TPSA) is 50.4 Å². The van der Waals surface area contributed by atoms with Gasteiger partial charge in [0.1, 0.15) is 6.04 Å². The maximum Gasteiger partial charge on any atom is 0.194 e. The van der Waals surface area contributed by atoms with Crippen molar-refractivity contribution in [2.24, 2.45) is 16.6 Å². The molecule has 0 fully saturated rings. The Hall–Kier alpha value is -1.95. The molecule has 0 aromatic heterocycles. The summed E-state index contributed by atoms with van der Waals surface area (Å²) in [5, 5.41) is 3.07. The zero-order valence-electron chi connectivity index (χ0n) is 11.3. The fourth-order valence-electron chi connectivity index (χ4n) is 1.58. The Kier molecular flexibility index (Phi) is 5.26. The van der Waals surface area contributed by atoms with E-state index in [0.717, 1.165) is 12.1 Å². The Morgan fingerprint density at radius 3 is 2.78 bits per heavy atom. The number of guanidine groups is 1. The highest BCUT2D eigenvalue weighted by Crippen LogP contribution is 2.11. The summed E-state index contributed by atoms with van der Waals surface area (Å²) in [5.41, 5.74) is 8.05. The summed E-state index contributed by atoms with van der Waals surface area (Å²) in [7, 11) is 0. The first-order valence-corrected chi connectivity index (χ1v) is 6.22. The third-order valence-electron chi connectivity index (χ3n) is 2.69. The molecular formula is C15H21N3. The molecule has 0 aliphatic rings. The summed E-state index contributed by atoms with van der Waals surface area (Å²) in [5.74, 6) is 3.27. The van der Waals surface area contributed by atoms with Crippen LogP contribution in [-0.4, -0.2) is 12.0 Å². The fourth-order valence-corrected chi connectivity index (χ4v) is 1.58. The highest BCUT2D eigenvalue weighted by molar-refractivity contribution is 5.92. The van der Waals surface area contributed by atoms with Gasteiger partial charge in [0, 0.05) is 5.69 Å². The molecule has 1 rings (SSSR count). The minimum Gasteiger partial charge on any atom is -0.370 e. The van der Waals surface area contributed by atoms with Gasteiger partial charge in [0.15, 0.2) is 5.96 Å². The van der Waals surface area contributed by atoms with Gasteiger partial charge < -0.3 is 11.1 Å². The summed E-state index contributed by atoms with van der Waals surface area (Å²) >= 11 is 0. The van der Waals surface area contributed by atoms with Gasteiger partial charge in [-0.15, -0.1) is 6.42 Å². The van der Waals surface area contributed by atoms with Crippen LogP contribution < -0.4 is 11.1 Å². The number of rotatable bonds is 4. The number of nitrogens with one attached hydrogen (secondary N) is 1. The average molecular weight is 243 g/mol. The third-order valence-corrected chi connectivity index (χ3v) is 2.69. The Morgan fingerprint density at radius 2 is 2.22 bits per heavy atom. The first kappa shape index (κ1) is 14.1. The fraction of sp³-hybridized carbons (Fsp3) is 0.400. The van der Waals surface area contributed by atoms with Crippen LogP contribution in [-0.2, 0) is 6.42 Å². The summed E-state index contributed by atoms with van der Waals surface area (Å²) in [6, 6.07) is 7.91. The summed E-state index contributed by atoms with van der Waals surface area (Å²) in [6.07, 6.45) is 6.41. The van der Waals surface area contributed by atoms with Crippen molar-refractivity contribution in [1.82, 2.24) is 0 Å². The van der Waals surface area contributed by atoms with E-state index in [1.807, 2.05) is 26.0 Å². The number of aryl methyl sites for hydroxylation is 1. The number of nitrogens with zero attached hydrogens (tertiary/aromatic N) is 1. The number of nitrogens with two attached hydrogens (primary N) is 1. The Bertz CT molecular complexity index is 455. The zero-order valence-corrected chi connectivity index (χ0v) is 11.3. The highest BCUT2D eigenvalue weighted by atomic mass is 15.1. The van der Waals surface area contributed by atoms with Crippen molar-refractivity contribution in [2.75, 3.05) is 5.32 Å². The average Bonchev–Trinajstić information content (AvgIpc) is 2.35. The van der Waals surface area contributed by atoms with Crippen molar-refractivity contribution in [3.05, 3.63) is 29.8 Å². The van der Waals surface area contributed by atoms with Gasteiger partial charge in [-0.1, -0.05) is 38.8 Å². The molecule has 0 spiro atoms. The lowest BCUT2D eigenvalue weighted by atomic mass is 10.1. The largest absolute Gasteiger partial charge is 0.370 e. The lowest BCUT2D eigenvalue weighted by Gasteiger charge is -2.12. The van der Waals surface area contributed by atoms with Gasteiger partial charge in [-0.25, -0.2) is 4.99 Å². The van der Waals surface area contributed by atoms with Crippen molar-refractivity contribution in [2.45, 2.75) is 33.2 Å². The van der Waals surface area contributed by atoms with Gasteiger partial charge in [0.25, 0.3) is 0 Å². The molecule has 0 heterocycles. The second kappa shape index (κ2) is 6.70. The van der Waals surface area contributed by atoms with Gasteiger partial charge in [0.05, 0.1) is 0 Å². The molecule has 0 amide bonds. The molecular weight excluding hydrogens is 222 g/mol. The van der Waals surface area contributed by atoms with E-state index in [0.29, 0.717) is 5.96 Å². The molecule has 96 valence electrons. The van der Waals surface area contributed by atoms with Gasteiger partial charge in [-0.3, -0.25) is 0 Å². The van der Waals surface area contributed by atoms with Crippen LogP contribution in [0.3, 0.4) is 0 Å². The number of terminal acetylenes is 1. The predicted octanol–water partition coefficient (Wildman–Crippen LogP) is 2.63. The van der Waals surface area contributed by atoms with Crippen molar-refractivity contribution in [3.8, 4) is 12.3 Å². The zero-order chi connectivity index (χ0) is 13.5. The van der Waals surface area contributed by atoms with Crippen LogP contribution in [0.25, 0.3) is 0 Å². The number of anilines is 1. The standard InChI is InChI=1S/C15H21N3/c1-5-12-8-7-9-13(10-12)17-15(16)18-14(6-2)11(3)4/h2,7-11,14H,5H2,1,3-4H3,(H3,16,17,18). The molecule has 3 N–H and O–H groups in total. The molecule has 1 atom stereocenters. The van der Waals surface area contributed by atoms with E-state index in [-0.39, 0.29) is 12.0 Å². The highest BCUT2D eigenvalue weighted by Gasteiger charge is 2.08. The lowest BCUT2D eigenvalue weighted by molar-refractivity contribution is 0.586. The van der Waals surface area contributed by atoms with E-state index in [1.54, 1.807) is 0 Å². The van der Waals surface area contributed by atoms with Crippen molar-refractivity contribution in [1.29, 1.82) is 0 Å². The lowest BCUT2D eigenvalue weighted by Crippen LogP contribution is -2.26. The molecule has 0 bridgehead atoms. The summed E-state index contributed by atoms with van der Waals surface area (Å²) in [6.45, 7) is 6.17. The Balaban J connectivity index is 2.77. The SMILES string of the molecule is C#CC(N=C(N)Nc1cccc(CC)c1)C(C)C. The van der Waals surface area contributed by atoms with Crippen LogP contribution in [0.5, 0.6) is 0 Å². The monoisotopic (exact) mass is 243 g/mol. The molecule has 1 aromatic carbocycles. The molecule has 0 aliphatic heterocycles. The van der Waals surface area contributed by atoms with E-state index in [4.69, 9.17) is 12.2 Å². The Morgan fingerprint density at radius 1 is 1.50 bits per heavy atom. The van der Waals surface area contributed by atoms with Crippen LogP contribution in [0, 0.1) is 18.3 Å². The van der Waals surface area contributed by atoms with Crippen molar-refractivity contribution >= 4 is 11.6 Å². The minimum atomic E-state index is -0.188. The van der Waals surface area contributed by atoms with Crippen LogP contribution in [0.15, 0.2) is 29.3 Å². The predicted molar refractivity (Wildman–Crippen MR) is 78.5 cm³/mol. The molecule has 1 aromatic rings. The van der Waals surface area contributed by atoms with Gasteiger partial charge in [0.2, 0.25) is 0 Å². The molecule has 0 radical (unpaired) electrons. The first-order valence-electron chi connectivity index (χ1n) is 6.22. The van der Waals surface area contributed by atoms with E-state index in [9.17, 15) is 0 Å². The van der Waals surface area contributed by atoms with Crippen LogP contribution in [0.4, 0.5) is 5.69 Å². The molecule has 0 saturated heterocycles. The second-order valence-corrected chi connectivity index (χ2v) is 4.55. The number of benzene rings is 1. The maximum atomic E-state index is 5.85. The summed E-state index contributed by atoms with van der Waals surface area (Å²) < 4.78 is 0. The van der Waals surface area contributed by atoms with E-state index in [1.165, 1.54) is 5.56 Å².